The summed E-state index contributed by atoms with van der Waals surface area (Å²) in [5.74, 6) is 0. The zero-order chi connectivity index (χ0) is 14.2. The molecule has 1 atom stereocenters. The molecule has 102 valence electrons. The molecule has 0 aliphatic carbocycles. The van der Waals surface area contributed by atoms with Crippen molar-refractivity contribution in [1.82, 2.24) is 0 Å². The van der Waals surface area contributed by atoms with Crippen molar-refractivity contribution in [1.29, 1.82) is 0 Å². The van der Waals surface area contributed by atoms with Crippen molar-refractivity contribution in [3.8, 4) is 0 Å². The number of halogens is 5. The van der Waals surface area contributed by atoms with Gasteiger partial charge in [0.2, 0.25) is 0 Å². The van der Waals surface area contributed by atoms with Crippen molar-refractivity contribution in [2.45, 2.75) is 12.2 Å². The summed E-state index contributed by atoms with van der Waals surface area (Å²) >= 11 is 8.03. The molecule has 0 aliphatic rings. The second kappa shape index (κ2) is 5.55. The standard InChI is InChI=1S/C12H8Br2F3NS/c13-9-2-1-6(12(15,16)17)3-7(9)11(18)8-4-19-5-10(8)14/h1-5,11H,18H2. The van der Waals surface area contributed by atoms with Gasteiger partial charge in [0, 0.05) is 14.3 Å². The fourth-order valence-corrected chi connectivity index (χ4v) is 3.71. The number of benzene rings is 1. The summed E-state index contributed by atoms with van der Waals surface area (Å²) in [7, 11) is 0. The van der Waals surface area contributed by atoms with Crippen molar-refractivity contribution < 1.29 is 13.2 Å². The van der Waals surface area contributed by atoms with Crippen molar-refractivity contribution in [2.24, 2.45) is 5.73 Å². The van der Waals surface area contributed by atoms with Gasteiger partial charge in [0.1, 0.15) is 0 Å². The summed E-state index contributed by atoms with van der Waals surface area (Å²) in [6.45, 7) is 0. The topological polar surface area (TPSA) is 26.0 Å². The van der Waals surface area contributed by atoms with E-state index in [0.717, 1.165) is 22.2 Å². The molecule has 0 aliphatic heterocycles. The molecule has 0 bridgehead atoms. The van der Waals surface area contributed by atoms with Gasteiger partial charge in [0.25, 0.3) is 0 Å². The van der Waals surface area contributed by atoms with Crippen molar-refractivity contribution in [3.63, 3.8) is 0 Å². The molecule has 0 fully saturated rings. The predicted octanol–water partition coefficient (Wildman–Crippen LogP) is 5.34. The highest BCUT2D eigenvalue weighted by Crippen LogP contribution is 2.37. The monoisotopic (exact) mass is 413 g/mol. The Labute approximate surface area is 128 Å². The van der Waals surface area contributed by atoms with E-state index in [2.05, 4.69) is 31.9 Å². The first-order valence-corrected chi connectivity index (χ1v) is 7.67. The van der Waals surface area contributed by atoms with Gasteiger partial charge in [-0.2, -0.15) is 24.5 Å². The highest BCUT2D eigenvalue weighted by Gasteiger charge is 2.31. The van der Waals surface area contributed by atoms with Crippen LogP contribution in [0.3, 0.4) is 0 Å². The van der Waals surface area contributed by atoms with E-state index in [9.17, 15) is 13.2 Å². The summed E-state index contributed by atoms with van der Waals surface area (Å²) in [4.78, 5) is 0. The van der Waals surface area contributed by atoms with Crippen LogP contribution in [-0.2, 0) is 6.18 Å². The minimum absolute atomic E-state index is 0.411. The first kappa shape index (κ1) is 15.0. The Morgan fingerprint density at radius 3 is 2.26 bits per heavy atom. The zero-order valence-electron chi connectivity index (χ0n) is 9.34. The lowest BCUT2D eigenvalue weighted by Gasteiger charge is -2.16. The molecular weight excluding hydrogens is 407 g/mol. The van der Waals surface area contributed by atoms with Crippen LogP contribution in [-0.4, -0.2) is 0 Å². The zero-order valence-corrected chi connectivity index (χ0v) is 13.3. The SMILES string of the molecule is NC(c1cscc1Br)c1cc(C(F)(F)F)ccc1Br. The predicted molar refractivity (Wildman–Crippen MR) is 77.2 cm³/mol. The summed E-state index contributed by atoms with van der Waals surface area (Å²) in [6, 6.07) is 2.87. The van der Waals surface area contributed by atoms with Crippen LogP contribution in [0.25, 0.3) is 0 Å². The molecule has 0 amide bonds. The summed E-state index contributed by atoms with van der Waals surface area (Å²) < 4.78 is 39.5. The van der Waals surface area contributed by atoms with E-state index in [1.807, 2.05) is 10.8 Å². The molecule has 2 rings (SSSR count). The van der Waals surface area contributed by atoms with Crippen LogP contribution >= 0.6 is 43.2 Å². The fraction of sp³-hybridized carbons (Fsp3) is 0.167. The van der Waals surface area contributed by atoms with Gasteiger partial charge in [-0.1, -0.05) is 15.9 Å². The molecule has 1 unspecified atom stereocenters. The molecule has 0 spiro atoms. The van der Waals surface area contributed by atoms with Crippen LogP contribution < -0.4 is 5.73 Å². The van der Waals surface area contributed by atoms with Crippen molar-refractivity contribution in [2.75, 3.05) is 0 Å². The van der Waals surface area contributed by atoms with E-state index in [-0.39, 0.29) is 0 Å². The maximum Gasteiger partial charge on any atom is 0.416 e. The van der Waals surface area contributed by atoms with Gasteiger partial charge < -0.3 is 5.73 Å². The largest absolute Gasteiger partial charge is 0.416 e. The molecule has 0 saturated carbocycles. The molecule has 2 aromatic rings. The Hall–Kier alpha value is -0.370. The van der Waals surface area contributed by atoms with E-state index < -0.39 is 17.8 Å². The third-order valence-electron chi connectivity index (χ3n) is 2.64. The summed E-state index contributed by atoms with van der Waals surface area (Å²) in [5.41, 5.74) is 6.53. The van der Waals surface area contributed by atoms with Crippen LogP contribution in [0.4, 0.5) is 13.2 Å². The average molecular weight is 415 g/mol. The lowest BCUT2D eigenvalue weighted by Crippen LogP contribution is -2.14. The van der Waals surface area contributed by atoms with Gasteiger partial charge in [-0.3, -0.25) is 0 Å². The van der Waals surface area contributed by atoms with Crippen LogP contribution in [0.2, 0.25) is 0 Å². The van der Waals surface area contributed by atoms with Crippen LogP contribution in [0, 0.1) is 0 Å². The molecule has 1 aromatic carbocycles. The third kappa shape index (κ3) is 3.21. The minimum atomic E-state index is -4.37. The third-order valence-corrected chi connectivity index (χ3v) is 5.11. The van der Waals surface area contributed by atoms with Gasteiger partial charge in [-0.15, -0.1) is 0 Å². The normalized spacial score (nSPS) is 13.6. The van der Waals surface area contributed by atoms with Crippen LogP contribution in [0.1, 0.15) is 22.7 Å². The molecule has 1 aromatic heterocycles. The van der Waals surface area contributed by atoms with E-state index >= 15 is 0 Å². The molecule has 19 heavy (non-hydrogen) atoms. The molecule has 7 heteroatoms. The number of hydrogen-bond acceptors (Lipinski definition) is 2. The van der Waals surface area contributed by atoms with Gasteiger partial charge >= 0.3 is 6.18 Å². The van der Waals surface area contributed by atoms with E-state index in [4.69, 9.17) is 5.73 Å². The molecule has 2 N–H and O–H groups in total. The summed E-state index contributed by atoms with van der Waals surface area (Å²) in [6.07, 6.45) is -4.37. The molecule has 1 heterocycles. The van der Waals surface area contributed by atoms with E-state index in [1.165, 1.54) is 17.4 Å². The van der Waals surface area contributed by atoms with Gasteiger partial charge in [0.05, 0.1) is 11.6 Å². The van der Waals surface area contributed by atoms with Crippen molar-refractivity contribution in [3.05, 3.63) is 54.6 Å². The first-order chi connectivity index (χ1) is 8.80. The number of alkyl halides is 3. The molecular formula is C12H8Br2F3NS. The Kier molecular flexibility index (Phi) is 4.39. The lowest BCUT2D eigenvalue weighted by molar-refractivity contribution is -0.137. The number of hydrogen-bond donors (Lipinski definition) is 1. The Balaban J connectivity index is 2.47. The second-order valence-electron chi connectivity index (χ2n) is 3.89. The Bertz CT molecular complexity index is 595. The van der Waals surface area contributed by atoms with E-state index in [1.54, 1.807) is 0 Å². The number of thiophene rings is 1. The number of nitrogens with two attached hydrogens (primary N) is 1. The molecule has 0 radical (unpaired) electrons. The van der Waals surface area contributed by atoms with Gasteiger partial charge in [-0.05, 0) is 50.6 Å². The average Bonchev–Trinajstić information content (AvgIpc) is 2.73. The smallest absolute Gasteiger partial charge is 0.320 e. The Morgan fingerprint density at radius 1 is 1.05 bits per heavy atom. The fourth-order valence-electron chi connectivity index (χ4n) is 1.64. The number of rotatable bonds is 2. The minimum Gasteiger partial charge on any atom is -0.320 e. The van der Waals surface area contributed by atoms with Crippen molar-refractivity contribution >= 4 is 43.2 Å². The summed E-state index contributed by atoms with van der Waals surface area (Å²) in [5, 5.41) is 3.66. The molecule has 0 saturated heterocycles. The van der Waals surface area contributed by atoms with Crippen LogP contribution in [0.5, 0.6) is 0 Å². The molecule has 1 nitrogen and oxygen atoms in total. The highest BCUT2D eigenvalue weighted by atomic mass is 79.9. The van der Waals surface area contributed by atoms with Gasteiger partial charge in [0.15, 0.2) is 0 Å². The van der Waals surface area contributed by atoms with Gasteiger partial charge in [-0.25, -0.2) is 0 Å². The quantitative estimate of drug-likeness (QED) is 0.705. The lowest BCUT2D eigenvalue weighted by atomic mass is 10.00. The van der Waals surface area contributed by atoms with E-state index in [0.29, 0.717) is 10.0 Å². The van der Waals surface area contributed by atoms with Crippen LogP contribution in [0.15, 0.2) is 37.9 Å². The maximum atomic E-state index is 12.7. The second-order valence-corrected chi connectivity index (χ2v) is 6.34. The Morgan fingerprint density at radius 2 is 1.74 bits per heavy atom. The highest BCUT2D eigenvalue weighted by molar-refractivity contribution is 9.10. The maximum absolute atomic E-state index is 12.7. The first-order valence-electron chi connectivity index (χ1n) is 5.14.